The lowest BCUT2D eigenvalue weighted by Gasteiger charge is -2.36. The third-order valence-corrected chi connectivity index (χ3v) is 6.14. The molecule has 0 radical (unpaired) electrons. The van der Waals surface area contributed by atoms with Gasteiger partial charge in [-0.25, -0.2) is 0 Å². The van der Waals surface area contributed by atoms with E-state index in [9.17, 15) is 0 Å². The summed E-state index contributed by atoms with van der Waals surface area (Å²) in [7, 11) is 2.23. The predicted octanol–water partition coefficient (Wildman–Crippen LogP) is 3.86. The van der Waals surface area contributed by atoms with Gasteiger partial charge in [-0.1, -0.05) is 30.3 Å². The maximum Gasteiger partial charge on any atom is 0.127 e. The first-order valence-electron chi connectivity index (χ1n) is 10.2. The minimum Gasteiger partial charge on any atom is -0.457 e. The highest BCUT2D eigenvalue weighted by molar-refractivity contribution is 5.33. The van der Waals surface area contributed by atoms with Crippen LogP contribution in [0.1, 0.15) is 24.9 Å². The van der Waals surface area contributed by atoms with E-state index in [4.69, 9.17) is 4.74 Å². The molecule has 144 valence electrons. The number of ether oxygens (including phenoxy) is 1. The molecule has 0 spiro atoms. The minimum absolute atomic E-state index is 0.452. The molecule has 2 saturated heterocycles. The van der Waals surface area contributed by atoms with Crippen molar-refractivity contribution in [2.75, 3.05) is 46.3 Å². The molecular formula is C23H31N3O. The highest BCUT2D eigenvalue weighted by Crippen LogP contribution is 2.29. The molecule has 0 aromatic heterocycles. The van der Waals surface area contributed by atoms with Crippen LogP contribution in [0.25, 0.3) is 0 Å². The molecule has 0 amide bonds. The first-order chi connectivity index (χ1) is 13.2. The van der Waals surface area contributed by atoms with E-state index in [1.54, 1.807) is 0 Å². The zero-order valence-corrected chi connectivity index (χ0v) is 16.6. The van der Waals surface area contributed by atoms with Crippen molar-refractivity contribution in [2.24, 2.45) is 0 Å². The predicted molar refractivity (Wildman–Crippen MR) is 110 cm³/mol. The lowest BCUT2D eigenvalue weighted by atomic mass is 10.1. The molecule has 0 N–H and O–H groups in total. The van der Waals surface area contributed by atoms with Crippen LogP contribution >= 0.6 is 0 Å². The highest BCUT2D eigenvalue weighted by Gasteiger charge is 2.31. The Morgan fingerprint density at radius 1 is 0.852 bits per heavy atom. The van der Waals surface area contributed by atoms with Crippen molar-refractivity contribution in [3.05, 3.63) is 60.2 Å². The van der Waals surface area contributed by atoms with E-state index >= 15 is 0 Å². The largest absolute Gasteiger partial charge is 0.457 e. The van der Waals surface area contributed by atoms with Gasteiger partial charge >= 0.3 is 0 Å². The zero-order valence-electron chi connectivity index (χ0n) is 16.6. The number of rotatable bonds is 5. The number of likely N-dealkylation sites (N-methyl/N-ethyl adjacent to an activating group) is 1. The topological polar surface area (TPSA) is 19.0 Å². The normalized spacial score (nSPS) is 23.4. The average molecular weight is 366 g/mol. The monoisotopic (exact) mass is 365 g/mol. The molecule has 0 bridgehead atoms. The van der Waals surface area contributed by atoms with E-state index in [1.165, 1.54) is 51.3 Å². The SMILES string of the molecule is CC(c1ccc(Oc2ccccc2)cc1)N1CCC(N2CCN(C)CC2)C1. The van der Waals surface area contributed by atoms with Crippen LogP contribution in [0, 0.1) is 0 Å². The van der Waals surface area contributed by atoms with Gasteiger partial charge in [-0.3, -0.25) is 9.80 Å². The maximum atomic E-state index is 5.92. The summed E-state index contributed by atoms with van der Waals surface area (Å²) in [4.78, 5) is 7.77. The molecule has 4 rings (SSSR count). The van der Waals surface area contributed by atoms with Crippen molar-refractivity contribution < 1.29 is 4.74 Å². The van der Waals surface area contributed by atoms with Crippen molar-refractivity contribution in [1.29, 1.82) is 0 Å². The maximum absolute atomic E-state index is 5.92. The molecule has 2 unspecified atom stereocenters. The van der Waals surface area contributed by atoms with Gasteiger partial charge in [-0.2, -0.15) is 0 Å². The molecule has 2 aromatic carbocycles. The van der Waals surface area contributed by atoms with Gasteiger partial charge in [-0.15, -0.1) is 0 Å². The first-order valence-corrected chi connectivity index (χ1v) is 10.2. The lowest BCUT2D eigenvalue weighted by molar-refractivity contribution is 0.110. The smallest absolute Gasteiger partial charge is 0.127 e. The van der Waals surface area contributed by atoms with Crippen LogP contribution in [-0.4, -0.2) is 67.1 Å². The molecule has 4 nitrogen and oxygen atoms in total. The Morgan fingerprint density at radius 2 is 1.52 bits per heavy atom. The molecule has 2 heterocycles. The number of hydrogen-bond donors (Lipinski definition) is 0. The molecule has 27 heavy (non-hydrogen) atoms. The molecule has 4 heteroatoms. The lowest BCUT2D eigenvalue weighted by Crippen LogP contribution is -2.49. The van der Waals surface area contributed by atoms with Crippen LogP contribution in [0.3, 0.4) is 0 Å². The van der Waals surface area contributed by atoms with E-state index in [1.807, 2.05) is 30.3 Å². The fourth-order valence-electron chi connectivity index (χ4n) is 4.25. The van der Waals surface area contributed by atoms with Gasteiger partial charge in [0.05, 0.1) is 0 Å². The van der Waals surface area contributed by atoms with Gasteiger partial charge in [0.15, 0.2) is 0 Å². The molecule has 2 aliphatic heterocycles. The second kappa shape index (κ2) is 8.42. The Balaban J connectivity index is 1.33. The Labute approximate surface area is 163 Å². The Bertz CT molecular complexity index is 710. The average Bonchev–Trinajstić information content (AvgIpc) is 3.20. The Morgan fingerprint density at radius 3 is 2.22 bits per heavy atom. The van der Waals surface area contributed by atoms with Gasteiger partial charge in [0.25, 0.3) is 0 Å². The second-order valence-corrected chi connectivity index (χ2v) is 7.94. The zero-order chi connectivity index (χ0) is 18.6. The molecule has 2 fully saturated rings. The number of piperazine rings is 1. The third-order valence-electron chi connectivity index (χ3n) is 6.14. The number of hydrogen-bond acceptors (Lipinski definition) is 4. The summed E-state index contributed by atoms with van der Waals surface area (Å²) < 4.78 is 5.92. The van der Waals surface area contributed by atoms with E-state index < -0.39 is 0 Å². The van der Waals surface area contributed by atoms with Gasteiger partial charge in [0.1, 0.15) is 11.5 Å². The summed E-state index contributed by atoms with van der Waals surface area (Å²) in [5, 5.41) is 0. The van der Waals surface area contributed by atoms with Gasteiger partial charge in [-0.05, 0) is 50.2 Å². The molecular weight excluding hydrogens is 334 g/mol. The number of nitrogens with zero attached hydrogens (tertiary/aromatic N) is 3. The van der Waals surface area contributed by atoms with Crippen molar-refractivity contribution in [2.45, 2.75) is 25.4 Å². The molecule has 2 aliphatic rings. The van der Waals surface area contributed by atoms with Crippen LogP contribution in [0.2, 0.25) is 0 Å². The fraction of sp³-hybridized carbons (Fsp3) is 0.478. The summed E-state index contributed by atoms with van der Waals surface area (Å²) in [6.07, 6.45) is 1.29. The van der Waals surface area contributed by atoms with E-state index in [0.717, 1.165) is 17.5 Å². The van der Waals surface area contributed by atoms with Crippen LogP contribution in [0.5, 0.6) is 11.5 Å². The quantitative estimate of drug-likeness (QED) is 0.801. The number of benzene rings is 2. The number of para-hydroxylation sites is 1. The standard InChI is InChI=1S/C23H31N3O/c1-19(26-13-12-21(18-26)25-16-14-24(2)15-17-25)20-8-10-23(11-9-20)27-22-6-4-3-5-7-22/h3-11,19,21H,12-18H2,1-2H3. The van der Waals surface area contributed by atoms with Gasteiger partial charge < -0.3 is 9.64 Å². The van der Waals surface area contributed by atoms with E-state index in [-0.39, 0.29) is 0 Å². The van der Waals surface area contributed by atoms with Gasteiger partial charge in [0.2, 0.25) is 0 Å². The molecule has 0 aliphatic carbocycles. The van der Waals surface area contributed by atoms with Gasteiger partial charge in [0, 0.05) is 51.4 Å². The van der Waals surface area contributed by atoms with Crippen molar-refractivity contribution >= 4 is 0 Å². The van der Waals surface area contributed by atoms with E-state index in [2.05, 4.69) is 52.9 Å². The molecule has 2 atom stereocenters. The third kappa shape index (κ3) is 4.52. The van der Waals surface area contributed by atoms with Crippen molar-refractivity contribution in [3.63, 3.8) is 0 Å². The summed E-state index contributed by atoms with van der Waals surface area (Å²) in [6.45, 7) is 9.56. The second-order valence-electron chi connectivity index (χ2n) is 7.94. The van der Waals surface area contributed by atoms with Crippen LogP contribution < -0.4 is 4.74 Å². The Hall–Kier alpha value is -1.88. The first kappa shape index (κ1) is 18.5. The van der Waals surface area contributed by atoms with Crippen LogP contribution in [0.4, 0.5) is 0 Å². The minimum atomic E-state index is 0.452. The molecule has 0 saturated carbocycles. The van der Waals surface area contributed by atoms with Crippen molar-refractivity contribution in [1.82, 2.24) is 14.7 Å². The van der Waals surface area contributed by atoms with Crippen molar-refractivity contribution in [3.8, 4) is 11.5 Å². The van der Waals surface area contributed by atoms with Crippen LogP contribution in [0.15, 0.2) is 54.6 Å². The molecule has 2 aromatic rings. The van der Waals surface area contributed by atoms with Crippen LogP contribution in [-0.2, 0) is 0 Å². The summed E-state index contributed by atoms with van der Waals surface area (Å²) >= 11 is 0. The summed E-state index contributed by atoms with van der Waals surface area (Å²) in [5.41, 5.74) is 1.37. The fourth-order valence-corrected chi connectivity index (χ4v) is 4.25. The summed E-state index contributed by atoms with van der Waals surface area (Å²) in [6, 6.07) is 19.8. The number of likely N-dealkylation sites (tertiary alicyclic amines) is 1. The highest BCUT2D eigenvalue weighted by atomic mass is 16.5. The van der Waals surface area contributed by atoms with E-state index in [0.29, 0.717) is 6.04 Å². The summed E-state index contributed by atoms with van der Waals surface area (Å²) in [5.74, 6) is 1.78. The Kier molecular flexibility index (Phi) is 5.77.